The molecule has 6 heteroatoms. The maximum Gasteiger partial charge on any atom is 0.143 e. The topological polar surface area (TPSA) is 9.23 Å². The van der Waals surface area contributed by atoms with Crippen LogP contribution in [0.2, 0.25) is 32.2 Å². The maximum atomic E-state index is 6.00. The number of hydrogen-bond acceptors (Lipinski definition) is 2. The lowest BCUT2D eigenvalue weighted by Crippen LogP contribution is -2.72. The Hall–Kier alpha value is 1.18. The van der Waals surface area contributed by atoms with E-state index in [1.165, 1.54) is 12.7 Å². The Bertz CT molecular complexity index is 198. The Labute approximate surface area is 99.4 Å². The molecule has 1 heterocycles. The first-order valence-corrected chi connectivity index (χ1v) is 19.9. The minimum Gasteiger partial charge on any atom is -0.431 e. The van der Waals surface area contributed by atoms with Gasteiger partial charge in [-0.25, -0.2) is 0 Å². The van der Waals surface area contributed by atoms with Crippen LogP contribution in [0, 0.1) is 0 Å². The van der Waals surface area contributed by atoms with Crippen molar-refractivity contribution in [3.63, 3.8) is 0 Å². The Morgan fingerprint density at radius 2 is 2.00 bits per heavy atom. The molecule has 84 valence electrons. The third-order valence-corrected chi connectivity index (χ3v) is 59.5. The van der Waals surface area contributed by atoms with Gasteiger partial charge in [0.2, 0.25) is 0 Å². The average Bonchev–Trinajstić information content (AvgIpc) is 2.08. The normalized spacial score (nSPS) is 31.9. The van der Waals surface area contributed by atoms with Gasteiger partial charge in [0.1, 0.15) is 9.28 Å². The summed E-state index contributed by atoms with van der Waals surface area (Å²) < 4.78 is 6.00. The molecule has 1 aliphatic heterocycles. The largest absolute Gasteiger partial charge is 0.431 e. The minimum absolute atomic E-state index is 0.0694. The maximum absolute atomic E-state index is 6.00. The summed E-state index contributed by atoms with van der Waals surface area (Å²) >= 11 is 4.34. The van der Waals surface area contributed by atoms with Crippen molar-refractivity contribution in [3.8, 4) is 0 Å². The average molecular weight is 281 g/mol. The van der Waals surface area contributed by atoms with Crippen molar-refractivity contribution in [2.24, 2.45) is 0 Å². The second-order valence-corrected chi connectivity index (χ2v) is 39.2. The van der Waals surface area contributed by atoms with E-state index < -0.39 is 22.5 Å². The molecule has 1 nitrogen and oxygen atoms in total. The van der Waals surface area contributed by atoms with Gasteiger partial charge in [-0.15, -0.1) is 0 Å². The molecule has 0 spiro atoms. The lowest BCUT2D eigenvalue weighted by molar-refractivity contribution is 0.413. The fraction of sp³-hybridized carbons (Fsp3) is 1.00. The van der Waals surface area contributed by atoms with Gasteiger partial charge >= 0.3 is 0 Å². The monoisotopic (exact) mass is 280 g/mol. The van der Waals surface area contributed by atoms with E-state index in [0.29, 0.717) is 0 Å². The molecule has 0 saturated carbocycles. The van der Waals surface area contributed by atoms with Crippen LogP contribution in [0.3, 0.4) is 0 Å². The van der Waals surface area contributed by atoms with Crippen LogP contribution in [-0.2, 0) is 4.43 Å². The van der Waals surface area contributed by atoms with E-state index in [2.05, 4.69) is 38.8 Å². The Balaban J connectivity index is 2.66. The molecular formula is C8H24OSSi4. The summed E-state index contributed by atoms with van der Waals surface area (Å²) in [7, 11) is -2.23. The molecule has 0 aromatic carbocycles. The van der Waals surface area contributed by atoms with E-state index in [1.54, 1.807) is 6.04 Å². The van der Waals surface area contributed by atoms with Crippen LogP contribution in [-0.4, -0.2) is 43.8 Å². The molecule has 1 rings (SSSR count). The van der Waals surface area contributed by atoms with Crippen molar-refractivity contribution in [2.75, 3.05) is 12.0 Å². The van der Waals surface area contributed by atoms with Crippen LogP contribution >= 0.6 is 12.6 Å². The van der Waals surface area contributed by atoms with Gasteiger partial charge in [0, 0.05) is 21.2 Å². The van der Waals surface area contributed by atoms with Crippen molar-refractivity contribution in [3.05, 3.63) is 0 Å². The SMILES string of the molecule is C[Si]1(C)CO[SiH2][SiH](CCCS)[Si]1(C)C. The summed E-state index contributed by atoms with van der Waals surface area (Å²) in [4.78, 5) is 0. The van der Waals surface area contributed by atoms with Crippen molar-refractivity contribution in [2.45, 2.75) is 38.7 Å². The minimum atomic E-state index is -0.943. The molecule has 0 aliphatic carbocycles. The molecule has 0 aromatic heterocycles. The molecule has 0 N–H and O–H groups in total. The molecule has 1 unspecified atom stereocenters. The molecule has 1 aliphatic rings. The summed E-state index contributed by atoms with van der Waals surface area (Å²) in [5, 5.41) is 0. The molecule has 14 heavy (non-hydrogen) atoms. The first-order chi connectivity index (χ1) is 6.42. The van der Waals surface area contributed by atoms with Gasteiger partial charge < -0.3 is 4.43 Å². The quantitative estimate of drug-likeness (QED) is 0.605. The number of rotatable bonds is 3. The van der Waals surface area contributed by atoms with Gasteiger partial charge in [0.05, 0.1) is 7.59 Å². The zero-order valence-electron chi connectivity index (χ0n) is 9.97. The lowest BCUT2D eigenvalue weighted by Gasteiger charge is -2.47. The fourth-order valence-electron chi connectivity index (χ4n) is 2.19. The number of hydrogen-bond donors (Lipinski definition) is 1. The molecule has 1 atom stereocenters. The summed E-state index contributed by atoms with van der Waals surface area (Å²) in [5.41, 5.74) is 0. The van der Waals surface area contributed by atoms with E-state index in [0.717, 1.165) is 5.75 Å². The molecule has 1 fully saturated rings. The standard InChI is InChI=1S/C8H24OSSi4/c1-13(2)8-9-11-12(7-5-6-10)14(13,3)4/h10,12H,5-8,11H2,1-4H3. The van der Waals surface area contributed by atoms with Gasteiger partial charge in [0.25, 0.3) is 0 Å². The van der Waals surface area contributed by atoms with Crippen LogP contribution in [0.25, 0.3) is 0 Å². The summed E-state index contributed by atoms with van der Waals surface area (Å²) in [5.74, 6) is 1.09. The van der Waals surface area contributed by atoms with Crippen LogP contribution in [0.4, 0.5) is 0 Å². The van der Waals surface area contributed by atoms with Crippen molar-refractivity contribution in [1.82, 2.24) is 0 Å². The molecule has 1 saturated heterocycles. The smallest absolute Gasteiger partial charge is 0.143 e. The third kappa shape index (κ3) is 2.65. The van der Waals surface area contributed by atoms with Crippen LogP contribution < -0.4 is 0 Å². The van der Waals surface area contributed by atoms with Crippen molar-refractivity contribution < 1.29 is 4.43 Å². The van der Waals surface area contributed by atoms with Crippen LogP contribution in [0.15, 0.2) is 0 Å². The van der Waals surface area contributed by atoms with Gasteiger partial charge in [-0.2, -0.15) is 12.6 Å². The molecule has 0 amide bonds. The van der Waals surface area contributed by atoms with Crippen LogP contribution in [0.5, 0.6) is 0 Å². The summed E-state index contributed by atoms with van der Waals surface area (Å²) in [6.07, 6.45) is 2.56. The second kappa shape index (κ2) is 5.01. The highest BCUT2D eigenvalue weighted by Gasteiger charge is 2.49. The van der Waals surface area contributed by atoms with Crippen molar-refractivity contribution in [1.29, 1.82) is 0 Å². The van der Waals surface area contributed by atoms with Crippen molar-refractivity contribution >= 4 is 44.4 Å². The predicted octanol–water partition coefficient (Wildman–Crippen LogP) is 1.26. The molecule has 0 bridgehead atoms. The summed E-state index contributed by atoms with van der Waals surface area (Å²) in [6.45, 7) is 10.5. The highest BCUT2D eigenvalue weighted by Crippen LogP contribution is 2.27. The number of thiol groups is 1. The third-order valence-electron chi connectivity index (χ3n) is 4.26. The van der Waals surface area contributed by atoms with Crippen LogP contribution in [0.1, 0.15) is 6.42 Å². The fourth-order valence-corrected chi connectivity index (χ4v) is 55.6. The van der Waals surface area contributed by atoms with Gasteiger partial charge in [-0.3, -0.25) is 0 Å². The van der Waals surface area contributed by atoms with Gasteiger partial charge in [-0.1, -0.05) is 32.2 Å². The van der Waals surface area contributed by atoms with E-state index in [-0.39, 0.29) is 9.28 Å². The van der Waals surface area contributed by atoms with E-state index in [4.69, 9.17) is 4.43 Å². The Kier molecular flexibility index (Phi) is 4.73. The predicted molar refractivity (Wildman–Crippen MR) is 79.9 cm³/mol. The summed E-state index contributed by atoms with van der Waals surface area (Å²) in [6, 6.07) is 1.55. The zero-order chi connectivity index (χ0) is 10.8. The highest BCUT2D eigenvalue weighted by atomic mass is 32.1. The molecule has 0 radical (unpaired) electrons. The van der Waals surface area contributed by atoms with E-state index >= 15 is 0 Å². The molecule has 0 aromatic rings. The Morgan fingerprint density at radius 1 is 1.36 bits per heavy atom. The molecular weight excluding hydrogens is 256 g/mol. The van der Waals surface area contributed by atoms with Gasteiger partial charge in [0.15, 0.2) is 0 Å². The first kappa shape index (κ1) is 13.2. The highest BCUT2D eigenvalue weighted by molar-refractivity contribution is 7.80. The van der Waals surface area contributed by atoms with E-state index in [1.807, 2.05) is 0 Å². The lowest BCUT2D eigenvalue weighted by atomic mass is 10.6. The second-order valence-electron chi connectivity index (χ2n) is 5.68. The van der Waals surface area contributed by atoms with Gasteiger partial charge in [-0.05, 0) is 12.2 Å². The zero-order valence-corrected chi connectivity index (χ0v) is 15.4. The Morgan fingerprint density at radius 3 is 2.57 bits per heavy atom. The van der Waals surface area contributed by atoms with E-state index in [9.17, 15) is 0 Å². The first-order valence-electron chi connectivity index (χ1n) is 5.60.